The minimum atomic E-state index is -3.43. The van der Waals surface area contributed by atoms with E-state index >= 15 is 0 Å². The Morgan fingerprint density at radius 3 is 2.95 bits per heavy atom. The highest BCUT2D eigenvalue weighted by Gasteiger charge is 2.28. The van der Waals surface area contributed by atoms with Crippen molar-refractivity contribution in [3.8, 4) is 5.75 Å². The maximum Gasteiger partial charge on any atom is 0.243 e. The Morgan fingerprint density at radius 2 is 2.14 bits per heavy atom. The van der Waals surface area contributed by atoms with Gasteiger partial charge >= 0.3 is 0 Å². The van der Waals surface area contributed by atoms with Gasteiger partial charge in [0.1, 0.15) is 5.75 Å². The van der Waals surface area contributed by atoms with E-state index in [0.29, 0.717) is 30.5 Å². The van der Waals surface area contributed by atoms with Crippen LogP contribution in [0.3, 0.4) is 0 Å². The van der Waals surface area contributed by atoms with Crippen LogP contribution < -0.4 is 4.74 Å². The van der Waals surface area contributed by atoms with E-state index in [1.165, 1.54) is 0 Å². The van der Waals surface area contributed by atoms with Crippen LogP contribution in [0.5, 0.6) is 5.75 Å². The van der Waals surface area contributed by atoms with Gasteiger partial charge in [0.2, 0.25) is 10.0 Å². The van der Waals surface area contributed by atoms with Crippen LogP contribution >= 0.6 is 0 Å². The SMILES string of the molecule is O=S(=O)(c1ccc2c(c1)CCO2)N1CCCC(CCO)CC1. The van der Waals surface area contributed by atoms with Gasteiger partial charge in [-0.15, -0.1) is 0 Å². The first-order valence-corrected chi connectivity index (χ1v) is 9.42. The number of benzene rings is 1. The Kier molecular flexibility index (Phi) is 4.70. The molecule has 0 aliphatic carbocycles. The van der Waals surface area contributed by atoms with Gasteiger partial charge in [0, 0.05) is 26.1 Å². The van der Waals surface area contributed by atoms with Crippen LogP contribution in [0, 0.1) is 5.92 Å². The number of nitrogens with zero attached hydrogens (tertiary/aromatic N) is 1. The summed E-state index contributed by atoms with van der Waals surface area (Å²) < 4.78 is 32.7. The number of aliphatic hydroxyl groups excluding tert-OH is 1. The van der Waals surface area contributed by atoms with Crippen LogP contribution in [0.4, 0.5) is 0 Å². The van der Waals surface area contributed by atoms with Crippen molar-refractivity contribution in [1.82, 2.24) is 4.31 Å². The number of fused-ring (bicyclic) bond motifs is 1. The van der Waals surface area contributed by atoms with Crippen LogP contribution in [-0.2, 0) is 16.4 Å². The van der Waals surface area contributed by atoms with Crippen LogP contribution in [0.15, 0.2) is 23.1 Å². The maximum atomic E-state index is 12.8. The molecule has 122 valence electrons. The second-order valence-electron chi connectivity index (χ2n) is 6.08. The van der Waals surface area contributed by atoms with Crippen LogP contribution in [0.25, 0.3) is 0 Å². The zero-order valence-electron chi connectivity index (χ0n) is 12.7. The monoisotopic (exact) mass is 325 g/mol. The molecule has 0 saturated carbocycles. The van der Waals surface area contributed by atoms with Gasteiger partial charge in [-0.25, -0.2) is 8.42 Å². The fourth-order valence-electron chi connectivity index (χ4n) is 3.32. The second-order valence-corrected chi connectivity index (χ2v) is 8.02. The molecule has 3 rings (SSSR count). The molecule has 22 heavy (non-hydrogen) atoms. The molecule has 2 heterocycles. The number of ether oxygens (including phenoxy) is 1. The fourth-order valence-corrected chi connectivity index (χ4v) is 4.87. The third-order valence-electron chi connectivity index (χ3n) is 4.64. The molecule has 5 nitrogen and oxygen atoms in total. The summed E-state index contributed by atoms with van der Waals surface area (Å²) in [6.45, 7) is 1.92. The Bertz CT molecular complexity index is 629. The third-order valence-corrected chi connectivity index (χ3v) is 6.54. The van der Waals surface area contributed by atoms with E-state index < -0.39 is 10.0 Å². The van der Waals surface area contributed by atoms with E-state index in [1.54, 1.807) is 22.5 Å². The maximum absolute atomic E-state index is 12.8. The van der Waals surface area contributed by atoms with E-state index in [9.17, 15) is 8.42 Å². The van der Waals surface area contributed by atoms with Crippen molar-refractivity contribution in [3.05, 3.63) is 23.8 Å². The van der Waals surface area contributed by atoms with Crippen molar-refractivity contribution in [3.63, 3.8) is 0 Å². The van der Waals surface area contributed by atoms with Gasteiger partial charge < -0.3 is 9.84 Å². The molecule has 1 atom stereocenters. The van der Waals surface area contributed by atoms with Crippen molar-refractivity contribution in [2.75, 3.05) is 26.3 Å². The summed E-state index contributed by atoms with van der Waals surface area (Å²) in [5.41, 5.74) is 0.981. The fraction of sp³-hybridized carbons (Fsp3) is 0.625. The summed E-state index contributed by atoms with van der Waals surface area (Å²) in [4.78, 5) is 0.373. The first-order valence-electron chi connectivity index (χ1n) is 7.98. The predicted molar refractivity (Wildman–Crippen MR) is 83.4 cm³/mol. The summed E-state index contributed by atoms with van der Waals surface area (Å²) >= 11 is 0. The number of hydrogen-bond acceptors (Lipinski definition) is 4. The highest BCUT2D eigenvalue weighted by Crippen LogP contribution is 2.30. The Morgan fingerprint density at radius 1 is 1.27 bits per heavy atom. The van der Waals surface area contributed by atoms with Gasteiger partial charge in [-0.3, -0.25) is 0 Å². The first kappa shape index (κ1) is 15.8. The van der Waals surface area contributed by atoms with E-state index in [4.69, 9.17) is 9.84 Å². The van der Waals surface area contributed by atoms with E-state index in [0.717, 1.165) is 43.4 Å². The van der Waals surface area contributed by atoms with Gasteiger partial charge in [0.05, 0.1) is 11.5 Å². The van der Waals surface area contributed by atoms with E-state index in [-0.39, 0.29) is 6.61 Å². The molecule has 1 aromatic carbocycles. The van der Waals surface area contributed by atoms with Crippen LogP contribution in [0.1, 0.15) is 31.2 Å². The number of rotatable bonds is 4. The minimum absolute atomic E-state index is 0.183. The molecule has 1 saturated heterocycles. The highest BCUT2D eigenvalue weighted by molar-refractivity contribution is 7.89. The molecule has 1 unspecified atom stereocenters. The normalized spacial score (nSPS) is 22.9. The van der Waals surface area contributed by atoms with Gasteiger partial charge in [-0.1, -0.05) is 0 Å². The molecule has 1 aromatic rings. The Hall–Kier alpha value is -1.11. The van der Waals surface area contributed by atoms with Crippen molar-refractivity contribution in [1.29, 1.82) is 0 Å². The summed E-state index contributed by atoms with van der Waals surface area (Å²) in [6, 6.07) is 5.17. The average molecular weight is 325 g/mol. The Labute approximate surface area is 131 Å². The lowest BCUT2D eigenvalue weighted by Gasteiger charge is -2.20. The highest BCUT2D eigenvalue weighted by atomic mass is 32.2. The van der Waals surface area contributed by atoms with Crippen molar-refractivity contribution in [2.45, 2.75) is 37.0 Å². The average Bonchev–Trinajstić information content (AvgIpc) is 2.85. The molecule has 2 aliphatic rings. The first-order chi connectivity index (χ1) is 10.6. The molecule has 0 bridgehead atoms. The van der Waals surface area contributed by atoms with E-state index in [2.05, 4.69) is 0 Å². The predicted octanol–water partition coefficient (Wildman–Crippen LogP) is 1.79. The van der Waals surface area contributed by atoms with Crippen LogP contribution in [-0.4, -0.2) is 44.1 Å². The third kappa shape index (κ3) is 3.14. The van der Waals surface area contributed by atoms with Crippen molar-refractivity contribution >= 4 is 10.0 Å². The van der Waals surface area contributed by atoms with E-state index in [1.807, 2.05) is 0 Å². The summed E-state index contributed by atoms with van der Waals surface area (Å²) in [6.07, 6.45) is 4.22. The van der Waals surface area contributed by atoms with Gasteiger partial charge in [0.15, 0.2) is 0 Å². The molecule has 2 aliphatic heterocycles. The standard InChI is InChI=1S/C16H23NO4S/c18-10-6-13-2-1-8-17(9-5-13)22(19,20)15-3-4-16-14(12-15)7-11-21-16/h3-4,12-13,18H,1-2,5-11H2. The van der Waals surface area contributed by atoms with Gasteiger partial charge in [-0.2, -0.15) is 4.31 Å². The molecule has 6 heteroatoms. The lowest BCUT2D eigenvalue weighted by Crippen LogP contribution is -2.32. The Balaban J connectivity index is 1.78. The molecule has 0 spiro atoms. The zero-order chi connectivity index (χ0) is 15.6. The smallest absolute Gasteiger partial charge is 0.243 e. The molecule has 0 radical (unpaired) electrons. The lowest BCUT2D eigenvalue weighted by atomic mass is 9.98. The molecule has 1 N–H and O–H groups in total. The lowest BCUT2D eigenvalue weighted by molar-refractivity contribution is 0.248. The molecule has 1 fully saturated rings. The quantitative estimate of drug-likeness (QED) is 0.916. The molecular weight excluding hydrogens is 302 g/mol. The summed E-state index contributed by atoms with van der Waals surface area (Å²) in [5.74, 6) is 1.23. The minimum Gasteiger partial charge on any atom is -0.493 e. The molecule has 0 amide bonds. The van der Waals surface area contributed by atoms with Crippen molar-refractivity contribution < 1.29 is 18.3 Å². The molecular formula is C16H23NO4S. The number of sulfonamides is 1. The van der Waals surface area contributed by atoms with Crippen molar-refractivity contribution in [2.24, 2.45) is 5.92 Å². The number of aliphatic hydroxyl groups is 1. The summed E-state index contributed by atoms with van der Waals surface area (Å²) in [7, 11) is -3.43. The molecule has 0 aromatic heterocycles. The van der Waals surface area contributed by atoms with Gasteiger partial charge in [0.25, 0.3) is 0 Å². The van der Waals surface area contributed by atoms with Gasteiger partial charge in [-0.05, 0) is 55.4 Å². The zero-order valence-corrected chi connectivity index (χ0v) is 13.5. The number of hydrogen-bond donors (Lipinski definition) is 1. The van der Waals surface area contributed by atoms with Crippen LogP contribution in [0.2, 0.25) is 0 Å². The largest absolute Gasteiger partial charge is 0.493 e. The summed E-state index contributed by atoms with van der Waals surface area (Å²) in [5, 5.41) is 9.06. The second kappa shape index (κ2) is 6.56. The topological polar surface area (TPSA) is 66.8 Å².